The number of ether oxygens (including phenoxy) is 2. The average molecular weight is 293 g/mol. The number of rotatable bonds is 5. The van der Waals surface area contributed by atoms with Crippen LogP contribution in [0.1, 0.15) is 18.9 Å². The van der Waals surface area contributed by atoms with Crippen LogP contribution in [0.25, 0.3) is 0 Å². The first kappa shape index (κ1) is 15.3. The third-order valence-electron chi connectivity index (χ3n) is 3.42. The predicted octanol–water partition coefficient (Wildman–Crippen LogP) is 1.79. The molecule has 0 saturated carbocycles. The molecule has 1 saturated heterocycles. The van der Waals surface area contributed by atoms with E-state index in [-0.39, 0.29) is 25.2 Å². The Balaban J connectivity index is 1.69. The Bertz CT molecular complexity index is 490. The van der Waals surface area contributed by atoms with Gasteiger partial charge in [0.2, 0.25) is 0 Å². The van der Waals surface area contributed by atoms with Crippen LogP contribution in [-0.2, 0) is 20.9 Å². The summed E-state index contributed by atoms with van der Waals surface area (Å²) in [5.74, 6) is -1.02. The summed E-state index contributed by atoms with van der Waals surface area (Å²) < 4.78 is 10.4. The Morgan fingerprint density at radius 2 is 2.10 bits per heavy atom. The molecule has 1 amide bonds. The molecule has 0 bridgehead atoms. The molecule has 0 radical (unpaired) electrons. The van der Waals surface area contributed by atoms with Gasteiger partial charge in [0, 0.05) is 6.54 Å². The molecule has 0 spiro atoms. The minimum atomic E-state index is -0.961. The highest BCUT2D eigenvalue weighted by atomic mass is 16.6. The van der Waals surface area contributed by atoms with E-state index >= 15 is 0 Å². The number of amides is 1. The number of carboxylic acid groups (broad SMARTS) is 1. The Kier molecular flexibility index (Phi) is 5.16. The molecule has 21 heavy (non-hydrogen) atoms. The van der Waals surface area contributed by atoms with E-state index in [2.05, 4.69) is 5.32 Å². The maximum atomic E-state index is 11.6. The van der Waals surface area contributed by atoms with Gasteiger partial charge in [0.25, 0.3) is 0 Å². The second-order valence-electron chi connectivity index (χ2n) is 5.17. The summed E-state index contributed by atoms with van der Waals surface area (Å²) in [5.41, 5.74) is 0.907. The third-order valence-corrected chi connectivity index (χ3v) is 3.42. The van der Waals surface area contributed by atoms with Crippen LogP contribution in [0.2, 0.25) is 0 Å². The zero-order valence-corrected chi connectivity index (χ0v) is 11.8. The molecule has 114 valence electrons. The molecule has 1 aromatic carbocycles. The van der Waals surface area contributed by atoms with Crippen molar-refractivity contribution in [2.24, 2.45) is 5.92 Å². The van der Waals surface area contributed by atoms with Crippen molar-refractivity contribution in [1.29, 1.82) is 0 Å². The molecule has 1 aromatic rings. The van der Waals surface area contributed by atoms with E-state index in [9.17, 15) is 9.59 Å². The molecule has 6 nitrogen and oxygen atoms in total. The van der Waals surface area contributed by atoms with E-state index in [4.69, 9.17) is 14.6 Å². The average Bonchev–Trinajstić information content (AvgIpc) is 2.85. The highest BCUT2D eigenvalue weighted by Gasteiger charge is 2.37. The van der Waals surface area contributed by atoms with Gasteiger partial charge in [-0.2, -0.15) is 0 Å². The van der Waals surface area contributed by atoms with E-state index in [1.54, 1.807) is 0 Å². The zero-order valence-electron chi connectivity index (χ0n) is 11.8. The van der Waals surface area contributed by atoms with Crippen molar-refractivity contribution >= 4 is 12.1 Å². The van der Waals surface area contributed by atoms with E-state index in [1.807, 2.05) is 37.3 Å². The normalized spacial score (nSPS) is 24.5. The lowest BCUT2D eigenvalue weighted by molar-refractivity contribution is -0.150. The summed E-state index contributed by atoms with van der Waals surface area (Å²) in [7, 11) is 0. The second kappa shape index (κ2) is 7.08. The van der Waals surface area contributed by atoms with Crippen molar-refractivity contribution in [3.05, 3.63) is 35.9 Å². The summed E-state index contributed by atoms with van der Waals surface area (Å²) >= 11 is 0. The fraction of sp³-hybridized carbons (Fsp3) is 0.467. The number of hydrogen-bond donors (Lipinski definition) is 2. The summed E-state index contributed by atoms with van der Waals surface area (Å²) in [5, 5.41) is 11.5. The number of carbonyl (C=O) groups excluding carboxylic acids is 1. The molecule has 3 unspecified atom stereocenters. The molecule has 1 aliphatic rings. The highest BCUT2D eigenvalue weighted by Crippen LogP contribution is 2.25. The molecule has 0 aliphatic carbocycles. The van der Waals surface area contributed by atoms with Gasteiger partial charge >= 0.3 is 12.1 Å². The van der Waals surface area contributed by atoms with Gasteiger partial charge in [-0.25, -0.2) is 9.59 Å². The maximum Gasteiger partial charge on any atom is 0.407 e. The molecule has 2 rings (SSSR count). The van der Waals surface area contributed by atoms with E-state index < -0.39 is 18.2 Å². The smallest absolute Gasteiger partial charge is 0.407 e. The van der Waals surface area contributed by atoms with Crippen molar-refractivity contribution in [3.63, 3.8) is 0 Å². The second-order valence-corrected chi connectivity index (χ2v) is 5.17. The van der Waals surface area contributed by atoms with Crippen LogP contribution in [0.15, 0.2) is 30.3 Å². The summed E-state index contributed by atoms with van der Waals surface area (Å²) in [6.07, 6.45) is -1.01. The minimum absolute atomic E-state index is 0.0605. The largest absolute Gasteiger partial charge is 0.479 e. The van der Waals surface area contributed by atoms with E-state index in [1.165, 1.54) is 0 Å². The number of benzene rings is 1. The first-order valence-electron chi connectivity index (χ1n) is 6.89. The number of carboxylic acids is 1. The van der Waals surface area contributed by atoms with Crippen LogP contribution in [0.5, 0.6) is 0 Å². The van der Waals surface area contributed by atoms with Crippen LogP contribution >= 0.6 is 0 Å². The topological polar surface area (TPSA) is 84.9 Å². The number of alkyl carbamates (subject to hydrolysis) is 1. The molecular weight excluding hydrogens is 274 g/mol. The monoisotopic (exact) mass is 293 g/mol. The van der Waals surface area contributed by atoms with Gasteiger partial charge in [-0.1, -0.05) is 37.3 Å². The first-order chi connectivity index (χ1) is 10.1. The van der Waals surface area contributed by atoms with Gasteiger partial charge in [-0.05, 0) is 17.9 Å². The maximum absolute atomic E-state index is 11.6. The fourth-order valence-corrected chi connectivity index (χ4v) is 2.34. The number of carbonyl (C=O) groups is 2. The fourth-order valence-electron chi connectivity index (χ4n) is 2.34. The molecule has 0 aromatic heterocycles. The highest BCUT2D eigenvalue weighted by molar-refractivity contribution is 5.73. The lowest BCUT2D eigenvalue weighted by Crippen LogP contribution is -2.33. The number of nitrogens with one attached hydrogen (secondary N) is 1. The molecule has 1 aliphatic heterocycles. The summed E-state index contributed by atoms with van der Waals surface area (Å²) in [6.45, 7) is 2.28. The molecule has 2 N–H and O–H groups in total. The minimum Gasteiger partial charge on any atom is -0.479 e. The van der Waals surface area contributed by atoms with Gasteiger partial charge in [-0.15, -0.1) is 0 Å². The Morgan fingerprint density at radius 1 is 1.38 bits per heavy atom. The molecule has 3 atom stereocenters. The summed E-state index contributed by atoms with van der Waals surface area (Å²) in [6, 6.07) is 9.37. The van der Waals surface area contributed by atoms with Crippen LogP contribution in [0, 0.1) is 5.92 Å². The van der Waals surface area contributed by atoms with Crippen molar-refractivity contribution in [2.75, 3.05) is 6.54 Å². The van der Waals surface area contributed by atoms with Gasteiger partial charge in [0.15, 0.2) is 6.10 Å². The Labute approximate surface area is 123 Å². The van der Waals surface area contributed by atoms with Gasteiger partial charge < -0.3 is 19.9 Å². The van der Waals surface area contributed by atoms with Crippen LogP contribution in [0.3, 0.4) is 0 Å². The molecular formula is C15H19NO5. The quantitative estimate of drug-likeness (QED) is 0.864. The van der Waals surface area contributed by atoms with Crippen LogP contribution < -0.4 is 5.32 Å². The standard InChI is InChI=1S/C15H19NO5/c1-10-7-12(21-13(10)14(17)18)8-16-15(19)20-9-11-5-3-2-4-6-11/h2-6,10,12-13H,7-9H2,1H3,(H,16,19)(H,17,18). The van der Waals surface area contributed by atoms with Gasteiger partial charge in [-0.3, -0.25) is 0 Å². The lowest BCUT2D eigenvalue weighted by Gasteiger charge is -2.12. The van der Waals surface area contributed by atoms with Crippen molar-refractivity contribution in [1.82, 2.24) is 5.32 Å². The third kappa shape index (κ3) is 4.46. The van der Waals surface area contributed by atoms with E-state index in [0.717, 1.165) is 5.56 Å². The van der Waals surface area contributed by atoms with Gasteiger partial charge in [0.1, 0.15) is 6.61 Å². The Morgan fingerprint density at radius 3 is 2.71 bits per heavy atom. The summed E-state index contributed by atoms with van der Waals surface area (Å²) in [4.78, 5) is 22.5. The Hall–Kier alpha value is -2.08. The van der Waals surface area contributed by atoms with Crippen LogP contribution in [-0.4, -0.2) is 35.9 Å². The van der Waals surface area contributed by atoms with Crippen molar-refractivity contribution in [3.8, 4) is 0 Å². The molecule has 1 fully saturated rings. The van der Waals surface area contributed by atoms with Crippen molar-refractivity contribution < 1.29 is 24.2 Å². The predicted molar refractivity (Wildman–Crippen MR) is 74.7 cm³/mol. The number of aliphatic carboxylic acids is 1. The zero-order chi connectivity index (χ0) is 15.2. The van der Waals surface area contributed by atoms with Gasteiger partial charge in [0.05, 0.1) is 6.10 Å². The molecule has 6 heteroatoms. The lowest BCUT2D eigenvalue weighted by atomic mass is 10.0. The molecule has 1 heterocycles. The van der Waals surface area contributed by atoms with E-state index in [0.29, 0.717) is 6.42 Å². The number of hydrogen-bond acceptors (Lipinski definition) is 4. The SMILES string of the molecule is CC1CC(CNC(=O)OCc2ccccc2)OC1C(=O)O. The van der Waals surface area contributed by atoms with Crippen molar-refractivity contribution in [2.45, 2.75) is 32.2 Å². The first-order valence-corrected chi connectivity index (χ1v) is 6.89. The van der Waals surface area contributed by atoms with Crippen LogP contribution in [0.4, 0.5) is 4.79 Å².